The van der Waals surface area contributed by atoms with Gasteiger partial charge in [-0.2, -0.15) is 5.26 Å². The van der Waals surface area contributed by atoms with Crippen LogP contribution in [0.2, 0.25) is 0 Å². The first kappa shape index (κ1) is 24.6. The molecule has 8 atom stereocenters. The Kier molecular flexibility index (Phi) is 6.00. The van der Waals surface area contributed by atoms with Gasteiger partial charge in [-0.1, -0.05) is 58.8 Å². The predicted octanol–water partition coefficient (Wildman–Crippen LogP) is 4.32. The van der Waals surface area contributed by atoms with Gasteiger partial charge in [-0.05, 0) is 67.1 Å². The summed E-state index contributed by atoms with van der Waals surface area (Å²) in [7, 11) is 0. The fourth-order valence-electron chi connectivity index (χ4n) is 8.22. The van der Waals surface area contributed by atoms with Gasteiger partial charge in [0.2, 0.25) is 0 Å². The van der Waals surface area contributed by atoms with Gasteiger partial charge in [-0.3, -0.25) is 4.79 Å². The van der Waals surface area contributed by atoms with E-state index in [0.29, 0.717) is 6.42 Å². The monoisotopic (exact) mass is 455 g/mol. The van der Waals surface area contributed by atoms with Gasteiger partial charge in [0.1, 0.15) is 17.8 Å². The van der Waals surface area contributed by atoms with Crippen LogP contribution in [0.3, 0.4) is 0 Å². The second-order valence-electron chi connectivity index (χ2n) is 12.5. The molecule has 4 aliphatic rings. The molecule has 2 fully saturated rings. The average molecular weight is 456 g/mol. The summed E-state index contributed by atoms with van der Waals surface area (Å²) in [6.07, 6.45) is 8.39. The fourth-order valence-corrected chi connectivity index (χ4v) is 8.22. The first-order chi connectivity index (χ1) is 15.4. The molecule has 4 rings (SSSR count). The number of ketones is 1. The Morgan fingerprint density at radius 2 is 1.91 bits per heavy atom. The van der Waals surface area contributed by atoms with E-state index in [0.717, 1.165) is 44.1 Å². The lowest BCUT2D eigenvalue weighted by atomic mass is 9.44. The molecule has 3 N–H and O–H groups in total. The van der Waals surface area contributed by atoms with Crippen LogP contribution in [-0.4, -0.2) is 39.4 Å². The predicted molar refractivity (Wildman–Crippen MR) is 127 cm³/mol. The molecule has 0 aromatic carbocycles. The van der Waals surface area contributed by atoms with Gasteiger partial charge < -0.3 is 15.3 Å². The molecule has 0 aromatic rings. The zero-order chi connectivity index (χ0) is 24.4. The van der Waals surface area contributed by atoms with Crippen molar-refractivity contribution in [2.45, 2.75) is 91.3 Å². The summed E-state index contributed by atoms with van der Waals surface area (Å²) >= 11 is 0. The summed E-state index contributed by atoms with van der Waals surface area (Å²) in [6, 6.07) is 2.10. The lowest BCUT2D eigenvalue weighted by Crippen LogP contribution is -2.66. The molecule has 0 spiro atoms. The molecule has 4 aliphatic carbocycles. The van der Waals surface area contributed by atoms with Crippen LogP contribution in [0.4, 0.5) is 0 Å². The van der Waals surface area contributed by atoms with E-state index in [2.05, 4.69) is 33.8 Å². The highest BCUT2D eigenvalue weighted by molar-refractivity contribution is 6.01. The number of allylic oxidation sites excluding steroid dienone is 3. The summed E-state index contributed by atoms with van der Waals surface area (Å²) < 4.78 is 0. The summed E-state index contributed by atoms with van der Waals surface area (Å²) in [6.45, 7) is 10.6. The van der Waals surface area contributed by atoms with Crippen LogP contribution >= 0.6 is 0 Å². The minimum absolute atomic E-state index is 0.0421. The number of rotatable bonds is 3. The molecule has 5 nitrogen and oxygen atoms in total. The van der Waals surface area contributed by atoms with Crippen molar-refractivity contribution in [3.8, 4) is 6.07 Å². The van der Waals surface area contributed by atoms with Crippen LogP contribution in [0.15, 0.2) is 23.3 Å². The van der Waals surface area contributed by atoms with Crippen molar-refractivity contribution in [1.29, 1.82) is 5.26 Å². The van der Waals surface area contributed by atoms with Crippen molar-refractivity contribution >= 4 is 5.78 Å². The van der Waals surface area contributed by atoms with E-state index in [-0.39, 0.29) is 52.5 Å². The largest absolute Gasteiger partial charge is 0.396 e. The maximum atomic E-state index is 12.7. The number of Topliss-reactive ketones (excluding diaryl/α,β-unsaturated/α-hetero) is 1. The molecule has 0 aliphatic heterocycles. The minimum atomic E-state index is -1.27. The topological polar surface area (TPSA) is 102 Å². The summed E-state index contributed by atoms with van der Waals surface area (Å²) in [5.74, 6) is -0.568. The zero-order valence-electron chi connectivity index (χ0n) is 20.9. The fraction of sp³-hybridized carbons (Fsp3) is 0.786. The molecule has 2 saturated carbocycles. The highest BCUT2D eigenvalue weighted by atomic mass is 16.3. The van der Waals surface area contributed by atoms with Crippen molar-refractivity contribution in [3.63, 3.8) is 0 Å². The SMILES string of the molecule is CCC1C(C)C(=O)C(C#N)=CC1(C)C1=CC(O)C2(O)C(CCC3(CO)CCC(C)(C)CC32)C1. The van der Waals surface area contributed by atoms with Gasteiger partial charge >= 0.3 is 0 Å². The Morgan fingerprint density at radius 3 is 2.52 bits per heavy atom. The minimum Gasteiger partial charge on any atom is -0.396 e. The van der Waals surface area contributed by atoms with Crippen LogP contribution in [0.25, 0.3) is 0 Å². The normalized spacial score (nSPS) is 47.0. The quantitative estimate of drug-likeness (QED) is 0.550. The number of nitriles is 1. The van der Waals surface area contributed by atoms with Crippen LogP contribution in [0, 0.1) is 51.2 Å². The number of carbonyl (C=O) groups is 1. The summed E-state index contributed by atoms with van der Waals surface area (Å²) in [5, 5.41) is 43.8. The number of hydrogen-bond donors (Lipinski definition) is 3. The third-order valence-corrected chi connectivity index (χ3v) is 10.4. The molecule has 182 valence electrons. The second kappa shape index (κ2) is 8.04. The van der Waals surface area contributed by atoms with Crippen molar-refractivity contribution in [1.82, 2.24) is 0 Å². The van der Waals surface area contributed by atoms with E-state index in [9.17, 15) is 25.4 Å². The van der Waals surface area contributed by atoms with Gasteiger partial charge in [0.25, 0.3) is 0 Å². The maximum absolute atomic E-state index is 12.7. The Hall–Kier alpha value is -1.48. The molecule has 0 heterocycles. The first-order valence-electron chi connectivity index (χ1n) is 12.8. The molecule has 0 bridgehead atoms. The Labute approximate surface area is 198 Å². The van der Waals surface area contributed by atoms with Gasteiger partial charge in [0.05, 0.1) is 5.57 Å². The average Bonchev–Trinajstić information content (AvgIpc) is 2.77. The van der Waals surface area contributed by atoms with Crippen LogP contribution in [0.5, 0.6) is 0 Å². The van der Waals surface area contributed by atoms with Crippen molar-refractivity contribution < 1.29 is 20.1 Å². The lowest BCUT2D eigenvalue weighted by Gasteiger charge is -2.63. The smallest absolute Gasteiger partial charge is 0.176 e. The Balaban J connectivity index is 1.78. The second-order valence-corrected chi connectivity index (χ2v) is 12.5. The molecule has 0 saturated heterocycles. The number of aliphatic hydroxyl groups is 3. The molecule has 8 unspecified atom stereocenters. The van der Waals surface area contributed by atoms with E-state index in [1.807, 2.05) is 19.1 Å². The number of aliphatic hydroxyl groups excluding tert-OH is 2. The number of hydrogen-bond acceptors (Lipinski definition) is 5. The van der Waals surface area contributed by atoms with Gasteiger partial charge in [-0.15, -0.1) is 0 Å². The Bertz CT molecular complexity index is 929. The highest BCUT2D eigenvalue weighted by Crippen LogP contribution is 2.64. The van der Waals surface area contributed by atoms with Gasteiger partial charge in [0.15, 0.2) is 5.78 Å². The standard InChI is InChI=1S/C28H41NO4/c1-6-21-17(2)24(32)18(15-29)13-26(21,5)20-11-19-7-8-27(16-30)10-9-25(3,4)14-22(27)28(19,33)23(31)12-20/h12-13,17,19,21-23,30-31,33H,6-11,14,16H2,1-5H3. The van der Waals surface area contributed by atoms with Crippen molar-refractivity contribution in [2.24, 2.45) is 39.9 Å². The highest BCUT2D eigenvalue weighted by Gasteiger charge is 2.64. The number of carbonyl (C=O) groups excluding carboxylic acids is 1. The third kappa shape index (κ3) is 3.48. The van der Waals surface area contributed by atoms with Crippen molar-refractivity contribution in [2.75, 3.05) is 6.61 Å². The van der Waals surface area contributed by atoms with E-state index in [4.69, 9.17) is 0 Å². The van der Waals surface area contributed by atoms with E-state index in [1.165, 1.54) is 0 Å². The van der Waals surface area contributed by atoms with Gasteiger partial charge in [-0.25, -0.2) is 0 Å². The maximum Gasteiger partial charge on any atom is 0.176 e. The van der Waals surface area contributed by atoms with E-state index in [1.54, 1.807) is 0 Å². The van der Waals surface area contributed by atoms with E-state index >= 15 is 0 Å². The number of nitrogens with zero attached hydrogens (tertiary/aromatic N) is 1. The van der Waals surface area contributed by atoms with Gasteiger partial charge in [0, 0.05) is 17.9 Å². The first-order valence-corrected chi connectivity index (χ1v) is 12.8. The number of fused-ring (bicyclic) bond motifs is 3. The van der Waals surface area contributed by atoms with Crippen molar-refractivity contribution in [3.05, 3.63) is 23.3 Å². The van der Waals surface area contributed by atoms with E-state index < -0.39 is 17.1 Å². The summed E-state index contributed by atoms with van der Waals surface area (Å²) in [5.41, 5.74) is -0.792. The van der Waals surface area contributed by atoms with Crippen LogP contribution < -0.4 is 0 Å². The molecular formula is C28H41NO4. The lowest BCUT2D eigenvalue weighted by molar-refractivity contribution is -0.229. The molecule has 33 heavy (non-hydrogen) atoms. The summed E-state index contributed by atoms with van der Waals surface area (Å²) in [4.78, 5) is 12.7. The molecule has 0 amide bonds. The zero-order valence-corrected chi connectivity index (χ0v) is 20.9. The third-order valence-electron chi connectivity index (χ3n) is 10.4. The molecule has 0 radical (unpaired) electrons. The molecule has 0 aromatic heterocycles. The van der Waals surface area contributed by atoms with Crippen LogP contribution in [-0.2, 0) is 4.79 Å². The van der Waals surface area contributed by atoms with Crippen LogP contribution in [0.1, 0.15) is 79.6 Å². The molecular weight excluding hydrogens is 414 g/mol. The Morgan fingerprint density at radius 1 is 1.21 bits per heavy atom. The molecule has 5 heteroatoms.